The Hall–Kier alpha value is -0.120. The highest BCUT2D eigenvalue weighted by Crippen LogP contribution is 2.13. The molecule has 126 valence electrons. The van der Waals surface area contributed by atoms with Gasteiger partial charge < -0.3 is 20.5 Å². The number of hydrogen-bond donors (Lipinski definition) is 2. The second-order valence-corrected chi connectivity index (χ2v) is 5.58. The predicted octanol–water partition coefficient (Wildman–Crippen LogP) is 0.902. The lowest BCUT2D eigenvalue weighted by Gasteiger charge is -2.34. The first-order chi connectivity index (χ1) is 9.63. The fourth-order valence-corrected chi connectivity index (χ4v) is 2.37. The number of nitrogens with two attached hydrogens (primary N) is 1. The summed E-state index contributed by atoms with van der Waals surface area (Å²) in [4.78, 5) is 6.94. The lowest BCUT2D eigenvalue weighted by Crippen LogP contribution is -2.46. The molecule has 0 aromatic rings. The molecule has 0 radical (unpaired) electrons. The molecule has 0 bridgehead atoms. The molecular weight excluding hydrogens is 383 g/mol. The van der Waals surface area contributed by atoms with Crippen LogP contribution in [0.4, 0.5) is 0 Å². The van der Waals surface area contributed by atoms with E-state index < -0.39 is 0 Å². The molecule has 0 spiro atoms. The van der Waals surface area contributed by atoms with Gasteiger partial charge in [0.2, 0.25) is 0 Å². The van der Waals surface area contributed by atoms with Crippen molar-refractivity contribution in [2.24, 2.45) is 16.6 Å². The van der Waals surface area contributed by atoms with Gasteiger partial charge in [-0.25, -0.2) is 0 Å². The van der Waals surface area contributed by atoms with Gasteiger partial charge in [0.25, 0.3) is 0 Å². The van der Waals surface area contributed by atoms with Gasteiger partial charge in [0.05, 0.1) is 26.4 Å². The maximum atomic E-state index is 5.86. The maximum Gasteiger partial charge on any atom is 0.188 e. The minimum atomic E-state index is 0. The largest absolute Gasteiger partial charge is 0.383 e. The lowest BCUT2D eigenvalue weighted by atomic mass is 10.0. The van der Waals surface area contributed by atoms with Gasteiger partial charge in [-0.15, -0.1) is 24.0 Å². The Morgan fingerprint density at radius 3 is 2.62 bits per heavy atom. The summed E-state index contributed by atoms with van der Waals surface area (Å²) in [6.07, 6.45) is 1.13. The highest BCUT2D eigenvalue weighted by molar-refractivity contribution is 14.0. The van der Waals surface area contributed by atoms with Crippen LogP contribution in [0.15, 0.2) is 4.99 Å². The highest BCUT2D eigenvalue weighted by atomic mass is 127. The van der Waals surface area contributed by atoms with E-state index in [9.17, 15) is 0 Å². The van der Waals surface area contributed by atoms with Crippen LogP contribution in [0.5, 0.6) is 0 Å². The molecule has 3 N–H and O–H groups in total. The number of rotatable bonds is 8. The quantitative estimate of drug-likeness (QED) is 0.267. The van der Waals surface area contributed by atoms with Gasteiger partial charge in [-0.3, -0.25) is 9.89 Å². The van der Waals surface area contributed by atoms with Gasteiger partial charge in [0.1, 0.15) is 0 Å². The number of morpholine rings is 1. The minimum absolute atomic E-state index is 0. The van der Waals surface area contributed by atoms with E-state index in [1.54, 1.807) is 7.11 Å². The van der Waals surface area contributed by atoms with E-state index in [2.05, 4.69) is 29.1 Å². The maximum absolute atomic E-state index is 5.86. The monoisotopic (exact) mass is 414 g/mol. The highest BCUT2D eigenvalue weighted by Gasteiger charge is 2.21. The Kier molecular flexibility index (Phi) is 12.4. The number of nitrogens with one attached hydrogen (secondary N) is 1. The molecule has 1 aliphatic heterocycles. The molecule has 1 fully saturated rings. The van der Waals surface area contributed by atoms with Crippen LogP contribution in [0.2, 0.25) is 0 Å². The van der Waals surface area contributed by atoms with Crippen LogP contribution in [0, 0.1) is 5.92 Å². The predicted molar refractivity (Wildman–Crippen MR) is 97.4 cm³/mol. The fourth-order valence-electron chi connectivity index (χ4n) is 2.37. The van der Waals surface area contributed by atoms with E-state index in [1.807, 2.05) is 0 Å². The average Bonchev–Trinajstić information content (AvgIpc) is 2.44. The van der Waals surface area contributed by atoms with Crippen LogP contribution >= 0.6 is 24.0 Å². The van der Waals surface area contributed by atoms with E-state index in [0.29, 0.717) is 31.1 Å². The lowest BCUT2D eigenvalue weighted by molar-refractivity contribution is 0.0143. The molecule has 1 unspecified atom stereocenters. The molecule has 0 aromatic heterocycles. The molecule has 0 aliphatic carbocycles. The molecule has 1 aliphatic rings. The molecule has 21 heavy (non-hydrogen) atoms. The van der Waals surface area contributed by atoms with E-state index in [1.165, 1.54) is 0 Å². The van der Waals surface area contributed by atoms with Gasteiger partial charge in [0, 0.05) is 32.8 Å². The Balaban J connectivity index is 0.00000400. The minimum Gasteiger partial charge on any atom is -0.383 e. The number of ether oxygens (including phenoxy) is 2. The SMILES string of the molecule is COCCNC(N)=NCC(CC(C)C)N1CCOCC1.I. The van der Waals surface area contributed by atoms with Crippen molar-refractivity contribution in [2.75, 3.05) is 53.1 Å². The molecule has 0 amide bonds. The van der Waals surface area contributed by atoms with Crippen molar-refractivity contribution in [1.82, 2.24) is 10.2 Å². The molecule has 0 saturated carbocycles. The Bertz CT molecular complexity index is 284. The van der Waals surface area contributed by atoms with Crippen molar-refractivity contribution in [3.63, 3.8) is 0 Å². The van der Waals surface area contributed by atoms with Crippen LogP contribution in [0.1, 0.15) is 20.3 Å². The number of guanidine groups is 1. The zero-order valence-corrected chi connectivity index (χ0v) is 15.8. The summed E-state index contributed by atoms with van der Waals surface area (Å²) in [6.45, 7) is 10.2. The van der Waals surface area contributed by atoms with E-state index in [4.69, 9.17) is 15.2 Å². The Morgan fingerprint density at radius 1 is 1.38 bits per heavy atom. The molecule has 1 heterocycles. The molecule has 1 saturated heterocycles. The number of nitrogens with zero attached hydrogens (tertiary/aromatic N) is 2. The summed E-state index contributed by atoms with van der Waals surface area (Å²) in [6, 6.07) is 0.446. The summed E-state index contributed by atoms with van der Waals surface area (Å²) in [5.74, 6) is 1.16. The van der Waals surface area contributed by atoms with E-state index in [0.717, 1.165) is 39.3 Å². The zero-order chi connectivity index (χ0) is 14.8. The van der Waals surface area contributed by atoms with Crippen molar-refractivity contribution in [1.29, 1.82) is 0 Å². The zero-order valence-electron chi connectivity index (χ0n) is 13.5. The number of hydrogen-bond acceptors (Lipinski definition) is 4. The second-order valence-electron chi connectivity index (χ2n) is 5.58. The van der Waals surface area contributed by atoms with Gasteiger partial charge in [-0.05, 0) is 12.3 Å². The van der Waals surface area contributed by atoms with Crippen molar-refractivity contribution < 1.29 is 9.47 Å². The summed E-state index contributed by atoms with van der Waals surface area (Å²) >= 11 is 0. The smallest absolute Gasteiger partial charge is 0.188 e. The Morgan fingerprint density at radius 2 is 2.05 bits per heavy atom. The average molecular weight is 414 g/mol. The molecule has 1 rings (SSSR count). The summed E-state index contributed by atoms with van der Waals surface area (Å²) in [5, 5.41) is 3.05. The van der Waals surface area contributed by atoms with Crippen LogP contribution in [0.25, 0.3) is 0 Å². The second kappa shape index (κ2) is 12.4. The van der Waals surface area contributed by atoms with E-state index in [-0.39, 0.29) is 24.0 Å². The van der Waals surface area contributed by atoms with Gasteiger partial charge >= 0.3 is 0 Å². The Labute approximate surface area is 145 Å². The van der Waals surface area contributed by atoms with Crippen molar-refractivity contribution in [3.05, 3.63) is 0 Å². The van der Waals surface area contributed by atoms with Crippen LogP contribution in [-0.2, 0) is 9.47 Å². The van der Waals surface area contributed by atoms with Gasteiger partial charge in [0.15, 0.2) is 5.96 Å². The molecule has 0 aromatic carbocycles. The number of halogens is 1. The fraction of sp³-hybridized carbons (Fsp3) is 0.929. The van der Waals surface area contributed by atoms with Gasteiger partial charge in [-0.2, -0.15) is 0 Å². The first kappa shape index (κ1) is 20.9. The van der Waals surface area contributed by atoms with Crippen LogP contribution in [-0.4, -0.2) is 70.0 Å². The normalized spacial score (nSPS) is 18.4. The summed E-state index contributed by atoms with van der Waals surface area (Å²) < 4.78 is 10.4. The third-order valence-electron chi connectivity index (χ3n) is 3.39. The molecule has 6 nitrogen and oxygen atoms in total. The first-order valence-electron chi connectivity index (χ1n) is 7.48. The third-order valence-corrected chi connectivity index (χ3v) is 3.39. The van der Waals surface area contributed by atoms with Gasteiger partial charge in [-0.1, -0.05) is 13.8 Å². The molecule has 1 atom stereocenters. The first-order valence-corrected chi connectivity index (χ1v) is 7.48. The van der Waals surface area contributed by atoms with Crippen molar-refractivity contribution >= 4 is 29.9 Å². The summed E-state index contributed by atoms with van der Waals surface area (Å²) in [5.41, 5.74) is 5.86. The number of methoxy groups -OCH3 is 1. The van der Waals surface area contributed by atoms with Crippen molar-refractivity contribution in [3.8, 4) is 0 Å². The van der Waals surface area contributed by atoms with Crippen molar-refractivity contribution in [2.45, 2.75) is 26.3 Å². The molecular formula is C14H31IN4O2. The number of aliphatic imine (C=N–C) groups is 1. The molecule has 7 heteroatoms. The summed E-state index contributed by atoms with van der Waals surface area (Å²) in [7, 11) is 1.67. The van der Waals surface area contributed by atoms with Crippen LogP contribution < -0.4 is 11.1 Å². The third kappa shape index (κ3) is 9.49. The topological polar surface area (TPSA) is 72.1 Å². The van der Waals surface area contributed by atoms with E-state index >= 15 is 0 Å². The standard InChI is InChI=1S/C14H30N4O2.HI/c1-12(2)10-13(18-5-8-20-9-6-18)11-17-14(15)16-4-7-19-3;/h12-13H,4-11H2,1-3H3,(H3,15,16,17);1H. The van der Waals surface area contributed by atoms with Crippen LogP contribution in [0.3, 0.4) is 0 Å².